The summed E-state index contributed by atoms with van der Waals surface area (Å²) in [6, 6.07) is 17.5. The van der Waals surface area contributed by atoms with Gasteiger partial charge in [-0.05, 0) is 24.3 Å². The summed E-state index contributed by atoms with van der Waals surface area (Å²) < 4.78 is 7.26. The number of benzene rings is 2. The molecular weight excluding hydrogens is 427 g/mol. The molecule has 0 fully saturated rings. The van der Waals surface area contributed by atoms with E-state index in [4.69, 9.17) is 27.9 Å². The van der Waals surface area contributed by atoms with Crippen LogP contribution < -0.4 is 15.4 Å². The van der Waals surface area contributed by atoms with Gasteiger partial charge >= 0.3 is 6.03 Å². The van der Waals surface area contributed by atoms with Gasteiger partial charge in [-0.15, -0.1) is 15.3 Å². The number of carbonyl (C=O) groups is 1. The molecule has 0 unspecified atom stereocenters. The first kappa shape index (κ1) is 19.9. The van der Waals surface area contributed by atoms with Crippen LogP contribution in [0.2, 0.25) is 10.0 Å². The number of anilines is 1. The molecule has 0 aliphatic carbocycles. The standard InChI is InChI=1S/C20H16Cl2N6O2/c21-14-6-7-15(22)16(12-14)24-20(29)23-10-11-30-18-9-8-17-25-26-19(28(17)27-18)13-4-2-1-3-5-13/h1-9,12H,10-11H2,(H2,23,24,29). The highest BCUT2D eigenvalue weighted by molar-refractivity contribution is 6.35. The predicted molar refractivity (Wildman–Crippen MR) is 115 cm³/mol. The van der Waals surface area contributed by atoms with Gasteiger partial charge < -0.3 is 15.4 Å². The first-order valence-corrected chi connectivity index (χ1v) is 9.76. The molecule has 30 heavy (non-hydrogen) atoms. The molecule has 2 aromatic heterocycles. The van der Waals surface area contributed by atoms with Gasteiger partial charge in [-0.1, -0.05) is 53.5 Å². The van der Waals surface area contributed by atoms with E-state index in [-0.39, 0.29) is 13.2 Å². The lowest BCUT2D eigenvalue weighted by molar-refractivity contribution is 0.246. The molecule has 0 saturated carbocycles. The molecule has 0 spiro atoms. The Bertz CT molecular complexity index is 1180. The molecule has 0 saturated heterocycles. The summed E-state index contributed by atoms with van der Waals surface area (Å²) in [5.41, 5.74) is 1.93. The van der Waals surface area contributed by atoms with Crippen molar-refractivity contribution in [1.29, 1.82) is 0 Å². The third-order valence-electron chi connectivity index (χ3n) is 4.08. The predicted octanol–water partition coefficient (Wildman–Crippen LogP) is 4.30. The molecule has 4 rings (SSSR count). The molecule has 152 valence electrons. The molecule has 0 aliphatic heterocycles. The number of hydrogen-bond acceptors (Lipinski definition) is 5. The van der Waals surface area contributed by atoms with Crippen LogP contribution in [0.15, 0.2) is 60.7 Å². The molecule has 0 atom stereocenters. The van der Waals surface area contributed by atoms with Crippen molar-refractivity contribution < 1.29 is 9.53 Å². The summed E-state index contributed by atoms with van der Waals surface area (Å²) in [4.78, 5) is 12.0. The average molecular weight is 443 g/mol. The van der Waals surface area contributed by atoms with Crippen molar-refractivity contribution in [2.24, 2.45) is 0 Å². The summed E-state index contributed by atoms with van der Waals surface area (Å²) in [7, 11) is 0. The molecule has 2 aromatic carbocycles. The molecule has 2 amide bonds. The normalized spacial score (nSPS) is 10.7. The number of halogens is 2. The molecule has 0 aliphatic rings. The van der Waals surface area contributed by atoms with E-state index in [0.29, 0.717) is 33.1 Å². The quantitative estimate of drug-likeness (QED) is 0.434. The van der Waals surface area contributed by atoms with Crippen LogP contribution in [-0.4, -0.2) is 39.0 Å². The van der Waals surface area contributed by atoms with Crippen LogP contribution in [0, 0.1) is 0 Å². The number of aromatic nitrogens is 4. The lowest BCUT2D eigenvalue weighted by Crippen LogP contribution is -2.32. The Hall–Kier alpha value is -3.36. The Labute approximate surface area is 181 Å². The minimum atomic E-state index is -0.420. The van der Waals surface area contributed by atoms with Crippen LogP contribution in [0.25, 0.3) is 17.0 Å². The second-order valence-electron chi connectivity index (χ2n) is 6.18. The average Bonchev–Trinajstić information content (AvgIpc) is 3.18. The summed E-state index contributed by atoms with van der Waals surface area (Å²) in [6.45, 7) is 0.482. The van der Waals surface area contributed by atoms with Crippen LogP contribution in [0.5, 0.6) is 5.88 Å². The highest BCUT2D eigenvalue weighted by Crippen LogP contribution is 2.25. The third-order valence-corrected chi connectivity index (χ3v) is 4.65. The van der Waals surface area contributed by atoms with Crippen LogP contribution in [0.1, 0.15) is 0 Å². The van der Waals surface area contributed by atoms with E-state index in [2.05, 4.69) is 25.9 Å². The zero-order valence-electron chi connectivity index (χ0n) is 15.5. The van der Waals surface area contributed by atoms with Crippen molar-refractivity contribution in [2.45, 2.75) is 0 Å². The highest BCUT2D eigenvalue weighted by Gasteiger charge is 2.10. The van der Waals surface area contributed by atoms with Crippen molar-refractivity contribution in [3.05, 3.63) is 70.7 Å². The number of urea groups is 1. The van der Waals surface area contributed by atoms with E-state index < -0.39 is 6.03 Å². The maximum Gasteiger partial charge on any atom is 0.319 e. The number of hydrogen-bond donors (Lipinski definition) is 2. The smallest absolute Gasteiger partial charge is 0.319 e. The van der Waals surface area contributed by atoms with Gasteiger partial charge in [0, 0.05) is 16.7 Å². The topological polar surface area (TPSA) is 93.4 Å². The van der Waals surface area contributed by atoms with E-state index in [1.165, 1.54) is 0 Å². The van der Waals surface area contributed by atoms with Gasteiger partial charge in [0.05, 0.1) is 17.3 Å². The van der Waals surface area contributed by atoms with Gasteiger partial charge in [-0.3, -0.25) is 0 Å². The SMILES string of the molecule is O=C(NCCOc1ccc2nnc(-c3ccccc3)n2n1)Nc1cc(Cl)ccc1Cl. The fourth-order valence-corrected chi connectivity index (χ4v) is 3.03. The van der Waals surface area contributed by atoms with E-state index in [1.807, 2.05) is 30.3 Å². The van der Waals surface area contributed by atoms with Crippen LogP contribution >= 0.6 is 23.2 Å². The van der Waals surface area contributed by atoms with Gasteiger partial charge in [-0.2, -0.15) is 4.52 Å². The molecule has 0 bridgehead atoms. The monoisotopic (exact) mass is 442 g/mol. The Morgan fingerprint density at radius 3 is 2.70 bits per heavy atom. The zero-order chi connectivity index (χ0) is 20.9. The van der Waals surface area contributed by atoms with Crippen molar-refractivity contribution >= 4 is 40.6 Å². The number of nitrogens with one attached hydrogen (secondary N) is 2. The summed E-state index contributed by atoms with van der Waals surface area (Å²) in [5.74, 6) is 1.01. The zero-order valence-corrected chi connectivity index (χ0v) is 17.1. The summed E-state index contributed by atoms with van der Waals surface area (Å²) >= 11 is 11.9. The Kier molecular flexibility index (Phi) is 5.97. The largest absolute Gasteiger partial charge is 0.475 e. The fraction of sp³-hybridized carbons (Fsp3) is 0.100. The Morgan fingerprint density at radius 1 is 1.03 bits per heavy atom. The second-order valence-corrected chi connectivity index (χ2v) is 7.03. The molecule has 4 aromatic rings. The number of amides is 2. The van der Waals surface area contributed by atoms with Crippen molar-refractivity contribution in [1.82, 2.24) is 25.1 Å². The number of ether oxygens (including phenoxy) is 1. The number of fused-ring (bicyclic) bond motifs is 1. The fourth-order valence-electron chi connectivity index (χ4n) is 2.70. The highest BCUT2D eigenvalue weighted by atomic mass is 35.5. The molecular formula is C20H16Cl2N6O2. The maximum atomic E-state index is 12.0. The minimum absolute atomic E-state index is 0.220. The van der Waals surface area contributed by atoms with E-state index >= 15 is 0 Å². The van der Waals surface area contributed by atoms with Crippen molar-refractivity contribution in [3.63, 3.8) is 0 Å². The van der Waals surface area contributed by atoms with E-state index in [0.717, 1.165) is 5.56 Å². The third kappa shape index (κ3) is 4.61. The lowest BCUT2D eigenvalue weighted by atomic mass is 10.2. The van der Waals surface area contributed by atoms with E-state index in [9.17, 15) is 4.79 Å². The summed E-state index contributed by atoms with van der Waals surface area (Å²) in [5, 5.41) is 18.9. The van der Waals surface area contributed by atoms with Gasteiger partial charge in [0.2, 0.25) is 5.88 Å². The minimum Gasteiger partial charge on any atom is -0.475 e. The van der Waals surface area contributed by atoms with Gasteiger partial charge in [0.15, 0.2) is 11.5 Å². The van der Waals surface area contributed by atoms with Crippen LogP contribution in [0.4, 0.5) is 10.5 Å². The van der Waals surface area contributed by atoms with Crippen LogP contribution in [0.3, 0.4) is 0 Å². The second kappa shape index (κ2) is 8.98. The number of carbonyl (C=O) groups excluding carboxylic acids is 1. The first-order chi connectivity index (χ1) is 14.6. The summed E-state index contributed by atoms with van der Waals surface area (Å²) in [6.07, 6.45) is 0. The van der Waals surface area contributed by atoms with Gasteiger partial charge in [0.25, 0.3) is 0 Å². The first-order valence-electron chi connectivity index (χ1n) is 9.01. The molecule has 2 N–H and O–H groups in total. The lowest BCUT2D eigenvalue weighted by Gasteiger charge is -2.10. The number of nitrogens with zero attached hydrogens (tertiary/aromatic N) is 4. The molecule has 8 nitrogen and oxygen atoms in total. The molecule has 2 heterocycles. The van der Waals surface area contributed by atoms with Crippen LogP contribution in [-0.2, 0) is 0 Å². The Morgan fingerprint density at radius 2 is 1.87 bits per heavy atom. The number of rotatable bonds is 6. The van der Waals surface area contributed by atoms with Gasteiger partial charge in [0.1, 0.15) is 6.61 Å². The Balaban J connectivity index is 1.34. The van der Waals surface area contributed by atoms with Crippen molar-refractivity contribution in [3.8, 4) is 17.3 Å². The maximum absolute atomic E-state index is 12.0. The van der Waals surface area contributed by atoms with Crippen molar-refractivity contribution in [2.75, 3.05) is 18.5 Å². The van der Waals surface area contributed by atoms with Gasteiger partial charge in [-0.25, -0.2) is 4.79 Å². The van der Waals surface area contributed by atoms with E-state index in [1.54, 1.807) is 34.8 Å². The molecule has 0 radical (unpaired) electrons. The molecule has 10 heteroatoms.